The van der Waals surface area contributed by atoms with E-state index < -0.39 is 0 Å². The summed E-state index contributed by atoms with van der Waals surface area (Å²) in [7, 11) is 0. The van der Waals surface area contributed by atoms with Crippen LogP contribution in [0.4, 0.5) is 0 Å². The minimum absolute atomic E-state index is 0.113. The van der Waals surface area contributed by atoms with E-state index in [0.717, 1.165) is 5.56 Å². The number of Topliss-reactive ketones (excluding diaryl/α,β-unsaturated/α-hetero) is 1. The molecule has 3 nitrogen and oxygen atoms in total. The molecule has 1 aliphatic rings. The van der Waals surface area contributed by atoms with Crippen molar-refractivity contribution >= 4 is 23.8 Å². The second-order valence-electron chi connectivity index (χ2n) is 2.84. The van der Waals surface area contributed by atoms with Crippen LogP contribution in [0.5, 0.6) is 0 Å². The fourth-order valence-electron chi connectivity index (χ4n) is 1.12. The minimum atomic E-state index is 0.113. The lowest BCUT2D eigenvalue weighted by atomic mass is 10.3. The zero-order chi connectivity index (χ0) is 9.10. The van der Waals surface area contributed by atoms with Crippen molar-refractivity contribution in [2.24, 2.45) is 4.99 Å². The first-order valence-electron chi connectivity index (χ1n) is 4.03. The highest BCUT2D eigenvalue weighted by atomic mass is 32.2. The van der Waals surface area contributed by atoms with E-state index in [1.807, 2.05) is 6.07 Å². The van der Waals surface area contributed by atoms with Crippen molar-refractivity contribution in [3.05, 3.63) is 24.2 Å². The van der Waals surface area contributed by atoms with Gasteiger partial charge in [0.25, 0.3) is 0 Å². The van der Waals surface area contributed by atoms with Crippen LogP contribution >= 0.6 is 11.8 Å². The summed E-state index contributed by atoms with van der Waals surface area (Å²) >= 11 is 1.59. The van der Waals surface area contributed by atoms with E-state index in [1.165, 1.54) is 0 Å². The Hall–Kier alpha value is -1.03. The largest absolute Gasteiger partial charge is 0.472 e. The number of hydrogen-bond donors (Lipinski definition) is 0. The van der Waals surface area contributed by atoms with E-state index in [0.29, 0.717) is 18.0 Å². The summed E-state index contributed by atoms with van der Waals surface area (Å²) in [6.07, 6.45) is 5.55. The highest BCUT2D eigenvalue weighted by Gasteiger charge is 2.20. The highest BCUT2D eigenvalue weighted by molar-refractivity contribution is 8.01. The van der Waals surface area contributed by atoms with Crippen LogP contribution in [0.1, 0.15) is 12.0 Å². The summed E-state index contributed by atoms with van der Waals surface area (Å²) in [5.41, 5.74) is 0.944. The van der Waals surface area contributed by atoms with Gasteiger partial charge in [0.2, 0.25) is 0 Å². The van der Waals surface area contributed by atoms with Crippen LogP contribution in [0.2, 0.25) is 0 Å². The number of aliphatic imine (C=N–C) groups is 1. The van der Waals surface area contributed by atoms with Crippen molar-refractivity contribution in [2.45, 2.75) is 11.8 Å². The Bertz CT molecular complexity index is 318. The fraction of sp³-hybridized carbons (Fsp3) is 0.333. The Labute approximate surface area is 80.2 Å². The van der Waals surface area contributed by atoms with E-state index in [9.17, 15) is 4.79 Å². The lowest BCUT2D eigenvalue weighted by Gasteiger charge is -1.96. The fourth-order valence-corrected chi connectivity index (χ4v) is 2.06. The molecule has 0 radical (unpaired) electrons. The number of nitrogens with zero attached hydrogens (tertiary/aromatic N) is 1. The Morgan fingerprint density at radius 3 is 3.23 bits per heavy atom. The summed E-state index contributed by atoms with van der Waals surface area (Å²) in [5, 5.41) is 0.113. The van der Waals surface area contributed by atoms with Gasteiger partial charge in [-0.3, -0.25) is 9.79 Å². The molecule has 1 fully saturated rings. The van der Waals surface area contributed by atoms with Gasteiger partial charge in [-0.15, -0.1) is 11.8 Å². The third-order valence-corrected chi connectivity index (χ3v) is 2.93. The smallest absolute Gasteiger partial charge is 0.145 e. The molecule has 4 heteroatoms. The molecule has 1 aliphatic heterocycles. The topological polar surface area (TPSA) is 42.6 Å². The molecule has 1 unspecified atom stereocenters. The first-order chi connectivity index (χ1) is 6.34. The van der Waals surface area contributed by atoms with Crippen LogP contribution in [0.25, 0.3) is 0 Å². The lowest BCUT2D eigenvalue weighted by molar-refractivity contribution is -0.116. The summed E-state index contributed by atoms with van der Waals surface area (Å²) in [4.78, 5) is 15.2. The predicted octanol–water partition coefficient (Wildman–Crippen LogP) is 1.73. The first kappa shape index (κ1) is 8.56. The zero-order valence-corrected chi connectivity index (χ0v) is 7.79. The molecule has 0 aromatic carbocycles. The number of rotatable bonds is 2. The molecule has 1 aromatic rings. The summed E-state index contributed by atoms with van der Waals surface area (Å²) in [6.45, 7) is 0. The highest BCUT2D eigenvalue weighted by Crippen LogP contribution is 2.24. The van der Waals surface area contributed by atoms with Crippen LogP contribution in [0.3, 0.4) is 0 Å². The number of furan rings is 1. The summed E-state index contributed by atoms with van der Waals surface area (Å²) < 4.78 is 4.89. The van der Waals surface area contributed by atoms with Crippen LogP contribution in [-0.4, -0.2) is 23.1 Å². The monoisotopic (exact) mass is 195 g/mol. The number of thioether (sulfide) groups is 1. The average Bonchev–Trinajstić information content (AvgIpc) is 2.71. The van der Waals surface area contributed by atoms with Crippen molar-refractivity contribution in [1.29, 1.82) is 0 Å². The molecular weight excluding hydrogens is 186 g/mol. The molecular formula is C9H9NO2S. The minimum Gasteiger partial charge on any atom is -0.472 e. The normalized spacial score (nSPS) is 23.1. The molecule has 0 spiro atoms. The molecule has 1 atom stereocenters. The maximum atomic E-state index is 10.9. The van der Waals surface area contributed by atoms with Gasteiger partial charge in [0.15, 0.2) is 0 Å². The molecule has 68 valence electrons. The first-order valence-corrected chi connectivity index (χ1v) is 5.08. The third kappa shape index (κ3) is 2.21. The van der Waals surface area contributed by atoms with Crippen molar-refractivity contribution < 1.29 is 9.21 Å². The molecule has 0 aliphatic carbocycles. The van der Waals surface area contributed by atoms with Gasteiger partial charge in [-0.2, -0.15) is 0 Å². The Morgan fingerprint density at radius 2 is 2.62 bits per heavy atom. The van der Waals surface area contributed by atoms with Crippen LogP contribution in [0.15, 0.2) is 28.0 Å². The Balaban J connectivity index is 1.94. The van der Waals surface area contributed by atoms with Gasteiger partial charge >= 0.3 is 0 Å². The van der Waals surface area contributed by atoms with E-state index >= 15 is 0 Å². The number of carbonyl (C=O) groups is 1. The van der Waals surface area contributed by atoms with Gasteiger partial charge < -0.3 is 4.42 Å². The zero-order valence-electron chi connectivity index (χ0n) is 6.97. The van der Waals surface area contributed by atoms with Gasteiger partial charge in [-0.1, -0.05) is 0 Å². The second-order valence-corrected chi connectivity index (χ2v) is 4.01. The van der Waals surface area contributed by atoms with Crippen molar-refractivity contribution in [3.63, 3.8) is 0 Å². The molecule has 0 bridgehead atoms. The molecule has 1 aromatic heterocycles. The van der Waals surface area contributed by atoms with Crippen LogP contribution < -0.4 is 0 Å². The van der Waals surface area contributed by atoms with Crippen molar-refractivity contribution in [3.8, 4) is 0 Å². The van der Waals surface area contributed by atoms with Crippen molar-refractivity contribution in [1.82, 2.24) is 0 Å². The summed E-state index contributed by atoms with van der Waals surface area (Å²) in [6, 6.07) is 1.84. The van der Waals surface area contributed by atoms with Gasteiger partial charge in [0.1, 0.15) is 11.2 Å². The standard InChI is InChI=1S/C9H9NO2S/c11-8-3-9(13-6-8)10-4-7-1-2-12-5-7/h1-2,4-5,9H,3,6H2. The predicted molar refractivity (Wildman–Crippen MR) is 52.2 cm³/mol. The number of carbonyl (C=O) groups excluding carboxylic acids is 1. The Kier molecular flexibility index (Phi) is 2.49. The second kappa shape index (κ2) is 3.79. The number of hydrogen-bond acceptors (Lipinski definition) is 4. The SMILES string of the molecule is O=C1CSC(N=Cc2ccoc2)C1. The maximum Gasteiger partial charge on any atom is 0.145 e. The molecule has 2 heterocycles. The van der Waals surface area contributed by atoms with Gasteiger partial charge in [0, 0.05) is 18.2 Å². The molecule has 0 amide bonds. The molecule has 0 saturated carbocycles. The van der Waals surface area contributed by atoms with E-state index in [2.05, 4.69) is 4.99 Å². The number of ketones is 1. The van der Waals surface area contributed by atoms with Gasteiger partial charge in [0.05, 0.1) is 18.3 Å². The third-order valence-electron chi connectivity index (χ3n) is 1.77. The van der Waals surface area contributed by atoms with Gasteiger partial charge in [-0.05, 0) is 6.07 Å². The van der Waals surface area contributed by atoms with Gasteiger partial charge in [-0.25, -0.2) is 0 Å². The van der Waals surface area contributed by atoms with Crippen LogP contribution in [0, 0.1) is 0 Å². The van der Waals surface area contributed by atoms with E-state index in [4.69, 9.17) is 4.42 Å². The van der Waals surface area contributed by atoms with Crippen molar-refractivity contribution in [2.75, 3.05) is 5.75 Å². The van der Waals surface area contributed by atoms with E-state index in [1.54, 1.807) is 30.5 Å². The van der Waals surface area contributed by atoms with E-state index in [-0.39, 0.29) is 5.37 Å². The maximum absolute atomic E-state index is 10.9. The molecule has 0 N–H and O–H groups in total. The van der Waals surface area contributed by atoms with Crippen LogP contribution in [-0.2, 0) is 4.79 Å². The summed E-state index contributed by atoms with van der Waals surface area (Å²) in [5.74, 6) is 0.896. The molecule has 13 heavy (non-hydrogen) atoms. The Morgan fingerprint density at radius 1 is 1.69 bits per heavy atom. The average molecular weight is 195 g/mol. The molecule has 1 saturated heterocycles. The molecule has 2 rings (SSSR count). The lowest BCUT2D eigenvalue weighted by Crippen LogP contribution is -1.96. The quantitative estimate of drug-likeness (QED) is 0.675.